The second-order valence-electron chi connectivity index (χ2n) is 3.78. The van der Waals surface area contributed by atoms with Gasteiger partial charge in [-0.1, -0.05) is 40.2 Å². The number of aromatic carboxylic acids is 1. The van der Waals surface area contributed by atoms with Gasteiger partial charge in [0.05, 0.1) is 5.56 Å². The fourth-order valence-corrected chi connectivity index (χ4v) is 2.72. The number of benzene rings is 2. The van der Waals surface area contributed by atoms with Gasteiger partial charge >= 0.3 is 5.97 Å². The first-order valence-corrected chi connectivity index (χ1v) is 6.92. The van der Waals surface area contributed by atoms with Gasteiger partial charge in [-0.15, -0.1) is 0 Å². The Balaban J connectivity index is 2.60. The number of carbonyl (C=O) groups is 2. The summed E-state index contributed by atoms with van der Waals surface area (Å²) in [7, 11) is 0. The average Bonchev–Trinajstić information content (AvgIpc) is 2.37. The van der Waals surface area contributed by atoms with E-state index < -0.39 is 5.97 Å². The standard InChI is InChI=1S/C14H8Br2O3/c15-10-6-2-1-4-8(10)13(17)9-5-3-7-11(16)12(9)14(18)19/h1-7H,(H,18,19). The molecule has 0 bridgehead atoms. The zero-order chi connectivity index (χ0) is 14.0. The number of hydrogen-bond acceptors (Lipinski definition) is 2. The number of carboxylic acid groups (broad SMARTS) is 1. The lowest BCUT2D eigenvalue weighted by Crippen LogP contribution is -2.11. The average molecular weight is 384 g/mol. The molecule has 0 spiro atoms. The maximum atomic E-state index is 12.4. The van der Waals surface area contributed by atoms with Gasteiger partial charge in [-0.3, -0.25) is 4.79 Å². The van der Waals surface area contributed by atoms with Crippen molar-refractivity contribution in [3.05, 3.63) is 68.1 Å². The van der Waals surface area contributed by atoms with E-state index in [0.717, 1.165) is 0 Å². The molecule has 0 heterocycles. The van der Waals surface area contributed by atoms with E-state index in [9.17, 15) is 14.7 Å². The number of carboxylic acids is 1. The first-order chi connectivity index (χ1) is 9.02. The molecule has 2 rings (SSSR count). The van der Waals surface area contributed by atoms with Crippen LogP contribution in [-0.2, 0) is 0 Å². The summed E-state index contributed by atoms with van der Waals surface area (Å²) < 4.78 is 1.02. The topological polar surface area (TPSA) is 54.4 Å². The normalized spacial score (nSPS) is 10.2. The maximum Gasteiger partial charge on any atom is 0.337 e. The molecule has 0 aliphatic rings. The number of hydrogen-bond donors (Lipinski definition) is 1. The molecule has 3 nitrogen and oxygen atoms in total. The molecule has 0 saturated carbocycles. The fourth-order valence-electron chi connectivity index (χ4n) is 1.72. The highest BCUT2D eigenvalue weighted by atomic mass is 79.9. The number of ketones is 1. The monoisotopic (exact) mass is 382 g/mol. The van der Waals surface area contributed by atoms with Crippen LogP contribution in [0.1, 0.15) is 26.3 Å². The van der Waals surface area contributed by atoms with E-state index in [4.69, 9.17) is 0 Å². The molecule has 1 N–H and O–H groups in total. The van der Waals surface area contributed by atoms with Crippen molar-refractivity contribution < 1.29 is 14.7 Å². The summed E-state index contributed by atoms with van der Waals surface area (Å²) in [5.41, 5.74) is 0.570. The number of carbonyl (C=O) groups excluding carboxylic acids is 1. The fraction of sp³-hybridized carbons (Fsp3) is 0. The zero-order valence-electron chi connectivity index (χ0n) is 9.56. The molecule has 0 atom stereocenters. The van der Waals surface area contributed by atoms with E-state index in [2.05, 4.69) is 31.9 Å². The molecular weight excluding hydrogens is 376 g/mol. The molecule has 0 saturated heterocycles. The third kappa shape index (κ3) is 2.77. The van der Waals surface area contributed by atoms with Crippen molar-refractivity contribution >= 4 is 43.6 Å². The molecule has 0 unspecified atom stereocenters. The SMILES string of the molecule is O=C(c1ccccc1Br)c1cccc(Br)c1C(=O)O. The van der Waals surface area contributed by atoms with Crippen LogP contribution >= 0.6 is 31.9 Å². The number of halogens is 2. The van der Waals surface area contributed by atoms with Crippen molar-refractivity contribution in [1.29, 1.82) is 0 Å². The highest BCUT2D eigenvalue weighted by Gasteiger charge is 2.21. The highest BCUT2D eigenvalue weighted by Crippen LogP contribution is 2.25. The molecule has 0 aliphatic carbocycles. The van der Waals surface area contributed by atoms with Crippen molar-refractivity contribution in [2.45, 2.75) is 0 Å². The third-order valence-corrected chi connectivity index (χ3v) is 3.94. The van der Waals surface area contributed by atoms with Gasteiger partial charge in [-0.25, -0.2) is 4.79 Å². The second kappa shape index (κ2) is 5.67. The Hall–Kier alpha value is -1.46. The van der Waals surface area contributed by atoms with Crippen LogP contribution in [0, 0.1) is 0 Å². The largest absolute Gasteiger partial charge is 0.478 e. The van der Waals surface area contributed by atoms with Crippen LogP contribution in [0.3, 0.4) is 0 Å². The summed E-state index contributed by atoms with van der Waals surface area (Å²) in [6.07, 6.45) is 0. The predicted molar refractivity (Wildman–Crippen MR) is 78.7 cm³/mol. The van der Waals surface area contributed by atoms with Crippen LogP contribution in [0.25, 0.3) is 0 Å². The van der Waals surface area contributed by atoms with Gasteiger partial charge in [0.15, 0.2) is 5.78 Å². The molecule has 19 heavy (non-hydrogen) atoms. The van der Waals surface area contributed by atoms with Crippen molar-refractivity contribution in [2.75, 3.05) is 0 Å². The van der Waals surface area contributed by atoms with Crippen molar-refractivity contribution in [1.82, 2.24) is 0 Å². The van der Waals surface area contributed by atoms with Gasteiger partial charge in [-0.05, 0) is 34.1 Å². The molecule has 5 heteroatoms. The Kier molecular flexibility index (Phi) is 4.17. The lowest BCUT2D eigenvalue weighted by Gasteiger charge is -2.08. The minimum atomic E-state index is -1.14. The molecule has 0 fully saturated rings. The van der Waals surface area contributed by atoms with Gasteiger partial charge in [-0.2, -0.15) is 0 Å². The molecule has 0 aliphatic heterocycles. The van der Waals surface area contributed by atoms with Crippen LogP contribution < -0.4 is 0 Å². The Morgan fingerprint density at radius 2 is 1.42 bits per heavy atom. The van der Waals surface area contributed by atoms with Crippen molar-refractivity contribution in [3.63, 3.8) is 0 Å². The van der Waals surface area contributed by atoms with E-state index in [1.54, 1.807) is 36.4 Å². The third-order valence-electron chi connectivity index (χ3n) is 2.59. The Labute approximate surface area is 126 Å². The molecule has 0 radical (unpaired) electrons. The van der Waals surface area contributed by atoms with Gasteiger partial charge < -0.3 is 5.11 Å². The summed E-state index contributed by atoms with van der Waals surface area (Å²) in [6.45, 7) is 0. The maximum absolute atomic E-state index is 12.4. The van der Waals surface area contributed by atoms with Crippen molar-refractivity contribution in [2.24, 2.45) is 0 Å². The molecular formula is C14H8Br2O3. The molecule has 96 valence electrons. The quantitative estimate of drug-likeness (QED) is 0.810. The van der Waals surface area contributed by atoms with Gasteiger partial charge in [0.1, 0.15) is 0 Å². The minimum absolute atomic E-state index is 0.0248. The van der Waals surface area contributed by atoms with Crippen LogP contribution in [0.15, 0.2) is 51.4 Å². The molecule has 0 amide bonds. The summed E-state index contributed by atoms with van der Waals surface area (Å²) in [5.74, 6) is -1.46. The Morgan fingerprint density at radius 3 is 2.05 bits per heavy atom. The number of rotatable bonds is 3. The van der Waals surface area contributed by atoms with E-state index in [1.165, 1.54) is 6.07 Å². The lowest BCUT2D eigenvalue weighted by molar-refractivity contribution is 0.0691. The minimum Gasteiger partial charge on any atom is -0.478 e. The summed E-state index contributed by atoms with van der Waals surface area (Å²) in [5, 5.41) is 9.22. The molecule has 2 aromatic rings. The van der Waals surface area contributed by atoms with Gasteiger partial charge in [0.25, 0.3) is 0 Å². The van der Waals surface area contributed by atoms with Crippen LogP contribution in [0.2, 0.25) is 0 Å². The predicted octanol–water partition coefficient (Wildman–Crippen LogP) is 4.14. The Morgan fingerprint density at radius 1 is 0.842 bits per heavy atom. The first-order valence-electron chi connectivity index (χ1n) is 5.33. The molecule has 0 aromatic heterocycles. The van der Waals surface area contributed by atoms with Crippen LogP contribution in [0.4, 0.5) is 0 Å². The van der Waals surface area contributed by atoms with Crippen LogP contribution in [-0.4, -0.2) is 16.9 Å². The van der Waals surface area contributed by atoms with Gasteiger partial charge in [0, 0.05) is 20.1 Å². The smallest absolute Gasteiger partial charge is 0.337 e. The van der Waals surface area contributed by atoms with Crippen LogP contribution in [0.5, 0.6) is 0 Å². The first kappa shape index (κ1) is 14.0. The second-order valence-corrected chi connectivity index (χ2v) is 5.49. The van der Waals surface area contributed by atoms with Gasteiger partial charge in [0.2, 0.25) is 0 Å². The summed E-state index contributed by atoms with van der Waals surface area (Å²) in [4.78, 5) is 23.7. The zero-order valence-corrected chi connectivity index (χ0v) is 12.7. The van der Waals surface area contributed by atoms with E-state index in [1.807, 2.05) is 0 Å². The Bertz CT molecular complexity index is 665. The van der Waals surface area contributed by atoms with E-state index in [-0.39, 0.29) is 16.9 Å². The van der Waals surface area contributed by atoms with E-state index in [0.29, 0.717) is 14.5 Å². The lowest BCUT2D eigenvalue weighted by atomic mass is 9.98. The van der Waals surface area contributed by atoms with E-state index >= 15 is 0 Å². The summed E-state index contributed by atoms with van der Waals surface area (Å²) in [6, 6.07) is 11.7. The molecule has 2 aromatic carbocycles. The van der Waals surface area contributed by atoms with Crippen molar-refractivity contribution in [3.8, 4) is 0 Å². The summed E-state index contributed by atoms with van der Waals surface area (Å²) >= 11 is 6.46. The highest BCUT2D eigenvalue weighted by molar-refractivity contribution is 9.10.